The number of carbonyl (C=O) groups excluding carboxylic acids is 3. The van der Waals surface area contributed by atoms with Gasteiger partial charge in [-0.05, 0) is 25.0 Å². The van der Waals surface area contributed by atoms with Gasteiger partial charge in [-0.25, -0.2) is 4.90 Å². The lowest BCUT2D eigenvalue weighted by molar-refractivity contribution is -0.137. The maximum absolute atomic E-state index is 12.5. The zero-order valence-corrected chi connectivity index (χ0v) is 11.3. The molecule has 104 valence electrons. The van der Waals surface area contributed by atoms with E-state index in [1.54, 1.807) is 29.2 Å². The molecule has 1 aliphatic heterocycles. The second kappa shape index (κ2) is 4.74. The van der Waals surface area contributed by atoms with Gasteiger partial charge >= 0.3 is 0 Å². The number of hydrogen-bond acceptors (Lipinski definition) is 3. The lowest BCUT2D eigenvalue weighted by Crippen LogP contribution is -2.45. The van der Waals surface area contributed by atoms with E-state index in [-0.39, 0.29) is 30.2 Å². The second-order valence-electron chi connectivity index (χ2n) is 5.28. The highest BCUT2D eigenvalue weighted by atomic mass is 16.2. The van der Waals surface area contributed by atoms with Gasteiger partial charge < -0.3 is 4.90 Å². The van der Waals surface area contributed by atoms with Gasteiger partial charge in [0.2, 0.25) is 11.8 Å². The number of imide groups is 1. The molecule has 1 aromatic carbocycles. The molecule has 3 rings (SSSR count). The van der Waals surface area contributed by atoms with Gasteiger partial charge in [0, 0.05) is 13.0 Å². The van der Waals surface area contributed by atoms with Gasteiger partial charge in [0.05, 0.1) is 12.1 Å². The van der Waals surface area contributed by atoms with Gasteiger partial charge in [0.15, 0.2) is 0 Å². The maximum Gasteiger partial charge on any atom is 0.257 e. The van der Waals surface area contributed by atoms with Crippen molar-refractivity contribution < 1.29 is 14.4 Å². The summed E-state index contributed by atoms with van der Waals surface area (Å²) < 4.78 is 0. The minimum atomic E-state index is -0.632. The summed E-state index contributed by atoms with van der Waals surface area (Å²) in [6, 6.07) is 8.36. The van der Waals surface area contributed by atoms with E-state index >= 15 is 0 Å². The molecular weight excluding hydrogens is 256 g/mol. The number of amides is 3. The largest absolute Gasteiger partial charge is 0.327 e. The smallest absolute Gasteiger partial charge is 0.257 e. The van der Waals surface area contributed by atoms with E-state index in [2.05, 4.69) is 0 Å². The molecule has 1 saturated heterocycles. The van der Waals surface area contributed by atoms with E-state index in [0.717, 1.165) is 12.8 Å². The zero-order valence-electron chi connectivity index (χ0n) is 11.3. The normalized spacial score (nSPS) is 22.2. The summed E-state index contributed by atoms with van der Waals surface area (Å²) in [5.41, 5.74) is 0.573. The molecule has 2 fully saturated rings. The van der Waals surface area contributed by atoms with Crippen molar-refractivity contribution in [2.24, 2.45) is 0 Å². The molecule has 5 heteroatoms. The van der Waals surface area contributed by atoms with Crippen molar-refractivity contribution in [3.05, 3.63) is 30.3 Å². The minimum Gasteiger partial charge on any atom is -0.327 e. The van der Waals surface area contributed by atoms with Crippen molar-refractivity contribution in [1.82, 2.24) is 4.90 Å². The van der Waals surface area contributed by atoms with Crippen LogP contribution in [0.15, 0.2) is 30.3 Å². The average molecular weight is 272 g/mol. The van der Waals surface area contributed by atoms with Crippen LogP contribution in [0.4, 0.5) is 5.69 Å². The molecule has 0 aromatic heterocycles. The first-order chi connectivity index (χ1) is 9.59. The summed E-state index contributed by atoms with van der Waals surface area (Å²) in [6.45, 7) is 1.46. The number of nitrogens with zero attached hydrogens (tertiary/aromatic N) is 2. The van der Waals surface area contributed by atoms with Crippen LogP contribution in [0, 0.1) is 0 Å². The summed E-state index contributed by atoms with van der Waals surface area (Å²) in [5, 5.41) is 0. The van der Waals surface area contributed by atoms with Gasteiger partial charge in [-0.1, -0.05) is 18.2 Å². The highest BCUT2D eigenvalue weighted by Crippen LogP contribution is 2.33. The molecule has 1 atom stereocenters. The Morgan fingerprint density at radius 3 is 2.40 bits per heavy atom. The topological polar surface area (TPSA) is 57.7 Å². The number of rotatable bonds is 3. The van der Waals surface area contributed by atoms with Crippen LogP contribution in [0.2, 0.25) is 0 Å². The Balaban J connectivity index is 1.88. The fraction of sp³-hybridized carbons (Fsp3) is 0.400. The molecule has 2 aliphatic rings. The average Bonchev–Trinajstić information content (AvgIpc) is 3.19. The number of benzene rings is 1. The van der Waals surface area contributed by atoms with Crippen molar-refractivity contribution in [1.29, 1.82) is 0 Å². The third-order valence-corrected chi connectivity index (χ3v) is 3.78. The molecule has 3 amide bonds. The predicted octanol–water partition coefficient (Wildman–Crippen LogP) is 1.33. The SMILES string of the molecule is CC(=O)N(C1CC1)C1CC(=O)N(c2ccccc2)C1=O. The molecule has 1 aliphatic carbocycles. The summed E-state index contributed by atoms with van der Waals surface area (Å²) in [5.74, 6) is -0.657. The van der Waals surface area contributed by atoms with E-state index in [0.29, 0.717) is 5.69 Å². The van der Waals surface area contributed by atoms with Crippen LogP contribution in [-0.2, 0) is 14.4 Å². The fourth-order valence-corrected chi connectivity index (χ4v) is 2.77. The monoisotopic (exact) mass is 272 g/mol. The van der Waals surface area contributed by atoms with E-state index in [4.69, 9.17) is 0 Å². The van der Waals surface area contributed by atoms with Crippen LogP contribution >= 0.6 is 0 Å². The number of carbonyl (C=O) groups is 3. The van der Waals surface area contributed by atoms with Crippen molar-refractivity contribution >= 4 is 23.4 Å². The van der Waals surface area contributed by atoms with Crippen molar-refractivity contribution in [2.75, 3.05) is 4.90 Å². The van der Waals surface area contributed by atoms with Crippen LogP contribution in [0.3, 0.4) is 0 Å². The Kier molecular flexibility index (Phi) is 3.04. The molecule has 0 radical (unpaired) electrons. The molecule has 20 heavy (non-hydrogen) atoms. The Hall–Kier alpha value is -2.17. The molecule has 1 saturated carbocycles. The van der Waals surface area contributed by atoms with Crippen LogP contribution < -0.4 is 4.90 Å². The van der Waals surface area contributed by atoms with E-state index in [9.17, 15) is 14.4 Å². The lowest BCUT2D eigenvalue weighted by Gasteiger charge is -2.26. The summed E-state index contributed by atoms with van der Waals surface area (Å²) in [4.78, 5) is 39.2. The molecule has 1 aromatic rings. The molecule has 0 bridgehead atoms. The highest BCUT2D eigenvalue weighted by Gasteiger charge is 2.47. The predicted molar refractivity (Wildman–Crippen MR) is 72.9 cm³/mol. The summed E-state index contributed by atoms with van der Waals surface area (Å²) >= 11 is 0. The van der Waals surface area contributed by atoms with Crippen LogP contribution in [0.1, 0.15) is 26.2 Å². The Bertz CT molecular complexity index is 566. The number of hydrogen-bond donors (Lipinski definition) is 0. The second-order valence-corrected chi connectivity index (χ2v) is 5.28. The first kappa shape index (κ1) is 12.8. The lowest BCUT2D eigenvalue weighted by atomic mass is 10.2. The summed E-state index contributed by atoms with van der Waals surface area (Å²) in [7, 11) is 0. The first-order valence-corrected chi connectivity index (χ1v) is 6.80. The maximum atomic E-state index is 12.5. The van der Waals surface area contributed by atoms with E-state index in [1.165, 1.54) is 11.8 Å². The van der Waals surface area contributed by atoms with E-state index < -0.39 is 6.04 Å². The molecule has 1 unspecified atom stereocenters. The van der Waals surface area contributed by atoms with Gasteiger partial charge in [0.25, 0.3) is 5.91 Å². The Morgan fingerprint density at radius 1 is 1.20 bits per heavy atom. The number of anilines is 1. The fourth-order valence-electron chi connectivity index (χ4n) is 2.77. The van der Waals surface area contributed by atoms with E-state index in [1.807, 2.05) is 6.07 Å². The minimum absolute atomic E-state index is 0.0871. The van der Waals surface area contributed by atoms with Gasteiger partial charge in [-0.2, -0.15) is 0 Å². The Labute approximate surface area is 117 Å². The quantitative estimate of drug-likeness (QED) is 0.780. The van der Waals surface area contributed by atoms with Gasteiger partial charge in [-0.15, -0.1) is 0 Å². The van der Waals surface area contributed by atoms with Crippen LogP contribution in [0.5, 0.6) is 0 Å². The Morgan fingerprint density at radius 2 is 1.85 bits per heavy atom. The van der Waals surface area contributed by atoms with Crippen molar-refractivity contribution in [3.63, 3.8) is 0 Å². The first-order valence-electron chi connectivity index (χ1n) is 6.80. The third-order valence-electron chi connectivity index (χ3n) is 3.78. The van der Waals surface area contributed by atoms with Gasteiger partial charge in [-0.3, -0.25) is 14.4 Å². The van der Waals surface area contributed by atoms with Crippen LogP contribution in [-0.4, -0.2) is 34.7 Å². The molecule has 1 heterocycles. The molecule has 5 nitrogen and oxygen atoms in total. The third kappa shape index (κ3) is 2.09. The van der Waals surface area contributed by atoms with Crippen LogP contribution in [0.25, 0.3) is 0 Å². The standard InChI is InChI=1S/C15H16N2O3/c1-10(18)16(12-7-8-12)13-9-14(19)17(15(13)20)11-5-3-2-4-6-11/h2-6,12-13H,7-9H2,1H3. The molecule has 0 N–H and O–H groups in total. The summed E-state index contributed by atoms with van der Waals surface area (Å²) in [6.07, 6.45) is 1.93. The molecular formula is C15H16N2O3. The van der Waals surface area contributed by atoms with Crippen molar-refractivity contribution in [2.45, 2.75) is 38.3 Å². The van der Waals surface area contributed by atoms with Crippen molar-refractivity contribution in [3.8, 4) is 0 Å². The highest BCUT2D eigenvalue weighted by molar-refractivity contribution is 6.23. The molecule has 0 spiro atoms. The van der Waals surface area contributed by atoms with Gasteiger partial charge in [0.1, 0.15) is 6.04 Å². The zero-order chi connectivity index (χ0) is 14.3. The number of para-hydroxylation sites is 1.